The lowest BCUT2D eigenvalue weighted by molar-refractivity contribution is -0.123. The Morgan fingerprint density at radius 3 is 2.55 bits per heavy atom. The zero-order valence-electron chi connectivity index (χ0n) is 17.2. The molecule has 7 rings (SSSR count). The molecule has 164 valence electrons. The van der Waals surface area contributed by atoms with E-state index in [1.165, 1.54) is 11.8 Å². The molecule has 0 bridgehead atoms. The van der Waals surface area contributed by atoms with E-state index in [1.807, 2.05) is 54.2 Å². The van der Waals surface area contributed by atoms with E-state index in [1.54, 1.807) is 0 Å². The lowest BCUT2D eigenvalue weighted by Crippen LogP contribution is -2.61. The highest BCUT2D eigenvalue weighted by atomic mass is 79.9. The molecular formula is C25H17BrN2O2S3. The Kier molecular flexibility index (Phi) is 4.33. The van der Waals surface area contributed by atoms with Crippen molar-refractivity contribution < 1.29 is 9.59 Å². The number of fused-ring (bicyclic) bond motifs is 4. The van der Waals surface area contributed by atoms with Gasteiger partial charge in [-0.05, 0) is 34.0 Å². The summed E-state index contributed by atoms with van der Waals surface area (Å²) >= 11 is 12.3. The molecule has 3 aromatic rings. The fourth-order valence-corrected chi connectivity index (χ4v) is 10.1. The van der Waals surface area contributed by atoms with Crippen LogP contribution in [0.4, 0.5) is 0 Å². The quantitative estimate of drug-likeness (QED) is 0.426. The first-order chi connectivity index (χ1) is 16.0. The van der Waals surface area contributed by atoms with E-state index in [4.69, 9.17) is 12.2 Å². The summed E-state index contributed by atoms with van der Waals surface area (Å²) in [4.78, 5) is 31.0. The van der Waals surface area contributed by atoms with E-state index in [2.05, 4.69) is 44.3 Å². The van der Waals surface area contributed by atoms with Crippen molar-refractivity contribution in [3.05, 3.63) is 81.8 Å². The molecule has 3 heterocycles. The van der Waals surface area contributed by atoms with Crippen LogP contribution in [0.15, 0.2) is 65.1 Å². The molecule has 4 aliphatic rings. The van der Waals surface area contributed by atoms with Crippen LogP contribution in [0.2, 0.25) is 0 Å². The van der Waals surface area contributed by atoms with Gasteiger partial charge in [0.25, 0.3) is 0 Å². The molecule has 33 heavy (non-hydrogen) atoms. The number of carbonyl (C=O) groups is 2. The molecule has 3 saturated heterocycles. The number of carbonyl (C=O) groups excluding carboxylic acids is 2. The highest BCUT2D eigenvalue weighted by Gasteiger charge is 2.80. The molecular weight excluding hydrogens is 536 g/mol. The van der Waals surface area contributed by atoms with Crippen molar-refractivity contribution >= 4 is 78.5 Å². The number of thioether (sulfide) groups is 2. The standard InChI is InChI=1S/C25H17BrN2O2S3/c26-15-9-7-14(8-10-15)20-18-11-32-12-28(18)24(25(20)22(30)27-23(31)33-25)17-6-2-4-13-3-1-5-16(19(13)17)21(24)29/h1-10,18,20H,11-12H2,(H,27,30,31)/t18-,20-,24-,25+/m1/s1. The number of ketones is 1. The summed E-state index contributed by atoms with van der Waals surface area (Å²) in [5.74, 6) is 1.26. The van der Waals surface area contributed by atoms with Gasteiger partial charge in [-0.2, -0.15) is 0 Å². The van der Waals surface area contributed by atoms with Crippen LogP contribution in [0, 0.1) is 0 Å². The van der Waals surface area contributed by atoms with Gasteiger partial charge in [-0.1, -0.05) is 88.4 Å². The van der Waals surface area contributed by atoms with Crippen LogP contribution >= 0.6 is 51.7 Å². The Balaban J connectivity index is 1.61. The van der Waals surface area contributed by atoms with Crippen molar-refractivity contribution in [2.75, 3.05) is 11.6 Å². The number of hydrogen-bond acceptors (Lipinski definition) is 6. The number of benzene rings is 3. The van der Waals surface area contributed by atoms with Crippen molar-refractivity contribution in [3.8, 4) is 0 Å². The van der Waals surface area contributed by atoms with Crippen molar-refractivity contribution in [2.24, 2.45) is 0 Å². The highest BCUT2D eigenvalue weighted by Crippen LogP contribution is 2.69. The average molecular weight is 554 g/mol. The summed E-state index contributed by atoms with van der Waals surface area (Å²) in [7, 11) is 0. The van der Waals surface area contributed by atoms with Crippen LogP contribution in [0.25, 0.3) is 10.8 Å². The molecule has 3 aromatic carbocycles. The summed E-state index contributed by atoms with van der Waals surface area (Å²) in [5, 5.41) is 4.95. The van der Waals surface area contributed by atoms with Crippen LogP contribution in [-0.2, 0) is 10.3 Å². The van der Waals surface area contributed by atoms with Crippen molar-refractivity contribution in [3.63, 3.8) is 0 Å². The zero-order valence-corrected chi connectivity index (χ0v) is 21.2. The van der Waals surface area contributed by atoms with Gasteiger partial charge in [0.1, 0.15) is 14.6 Å². The predicted octanol–water partition coefficient (Wildman–Crippen LogP) is 5.05. The minimum atomic E-state index is -1.10. The van der Waals surface area contributed by atoms with E-state index in [0.29, 0.717) is 15.8 Å². The molecule has 3 aliphatic heterocycles. The maximum atomic E-state index is 14.6. The Morgan fingerprint density at radius 2 is 1.82 bits per heavy atom. The molecule has 3 fully saturated rings. The van der Waals surface area contributed by atoms with Crippen molar-refractivity contribution in [2.45, 2.75) is 22.2 Å². The second-order valence-electron chi connectivity index (χ2n) is 8.89. The predicted molar refractivity (Wildman–Crippen MR) is 141 cm³/mol. The first kappa shape index (κ1) is 20.6. The van der Waals surface area contributed by atoms with Gasteiger partial charge >= 0.3 is 0 Å². The van der Waals surface area contributed by atoms with Crippen LogP contribution in [0.1, 0.15) is 27.4 Å². The summed E-state index contributed by atoms with van der Waals surface area (Å²) in [6.07, 6.45) is 0. The third-order valence-corrected chi connectivity index (χ3v) is 10.9. The Morgan fingerprint density at radius 1 is 1.06 bits per heavy atom. The van der Waals surface area contributed by atoms with Crippen LogP contribution in [-0.4, -0.2) is 43.3 Å². The maximum Gasteiger partial charge on any atom is 0.245 e. The van der Waals surface area contributed by atoms with Crippen LogP contribution in [0.3, 0.4) is 0 Å². The second-order valence-corrected chi connectivity index (χ2v) is 12.7. The lowest BCUT2D eigenvalue weighted by Gasteiger charge is -2.43. The molecule has 0 radical (unpaired) electrons. The van der Waals surface area contributed by atoms with Gasteiger partial charge in [-0.15, -0.1) is 11.8 Å². The summed E-state index contributed by atoms with van der Waals surface area (Å²) in [6, 6.07) is 20.3. The van der Waals surface area contributed by atoms with Gasteiger partial charge in [-0.3, -0.25) is 14.5 Å². The summed E-state index contributed by atoms with van der Waals surface area (Å²) in [6.45, 7) is 0. The van der Waals surface area contributed by atoms with E-state index in [9.17, 15) is 9.59 Å². The number of rotatable bonds is 1. The molecule has 4 nitrogen and oxygen atoms in total. The normalized spacial score (nSPS) is 32.5. The first-order valence-corrected chi connectivity index (χ1v) is 13.9. The Labute approximate surface area is 213 Å². The number of halogens is 1. The highest BCUT2D eigenvalue weighted by molar-refractivity contribution is 9.10. The molecule has 8 heteroatoms. The number of thiocarbonyl (C=S) groups is 1. The number of nitrogens with one attached hydrogen (secondary N) is 1. The van der Waals surface area contributed by atoms with Crippen molar-refractivity contribution in [1.82, 2.24) is 10.2 Å². The Bertz CT molecular complexity index is 1410. The molecule has 2 spiro atoms. The first-order valence-electron chi connectivity index (χ1n) is 10.7. The third kappa shape index (κ3) is 2.32. The van der Waals surface area contributed by atoms with Crippen LogP contribution < -0.4 is 5.32 Å². The van der Waals surface area contributed by atoms with E-state index >= 15 is 0 Å². The lowest BCUT2D eigenvalue weighted by atomic mass is 9.70. The van der Waals surface area contributed by atoms with Gasteiger partial charge in [-0.25, -0.2) is 0 Å². The SMILES string of the molecule is O=C1NC(=S)S[C@@]12[C@H](c1ccc(Br)cc1)[C@H]1CSCN1[C@]21C(=O)c2cccc3cccc1c23. The smallest absolute Gasteiger partial charge is 0.245 e. The molecule has 1 aliphatic carbocycles. The van der Waals surface area contributed by atoms with Crippen molar-refractivity contribution in [1.29, 1.82) is 0 Å². The van der Waals surface area contributed by atoms with Gasteiger partial charge in [0.15, 0.2) is 5.78 Å². The number of nitrogens with zero attached hydrogens (tertiary/aromatic N) is 1. The summed E-state index contributed by atoms with van der Waals surface area (Å²) in [5.41, 5.74) is 1.62. The van der Waals surface area contributed by atoms with E-state index < -0.39 is 10.3 Å². The fraction of sp³-hybridized carbons (Fsp3) is 0.240. The van der Waals surface area contributed by atoms with E-state index in [-0.39, 0.29) is 23.7 Å². The molecule has 1 amide bonds. The largest absolute Gasteiger partial charge is 0.310 e. The monoisotopic (exact) mass is 552 g/mol. The molecule has 0 saturated carbocycles. The number of hydrogen-bond donors (Lipinski definition) is 1. The third-order valence-electron chi connectivity index (χ3n) is 7.61. The van der Waals surface area contributed by atoms with Gasteiger partial charge < -0.3 is 5.32 Å². The van der Waals surface area contributed by atoms with Gasteiger partial charge in [0, 0.05) is 33.6 Å². The minimum Gasteiger partial charge on any atom is -0.310 e. The molecule has 4 atom stereocenters. The zero-order chi connectivity index (χ0) is 22.5. The molecule has 1 N–H and O–H groups in total. The summed E-state index contributed by atoms with van der Waals surface area (Å²) < 4.78 is 0.360. The molecule has 0 aromatic heterocycles. The topological polar surface area (TPSA) is 49.4 Å². The maximum absolute atomic E-state index is 14.6. The average Bonchev–Trinajstić information content (AvgIpc) is 3.51. The van der Waals surface area contributed by atoms with Crippen LogP contribution in [0.5, 0.6) is 0 Å². The number of Topliss-reactive ketones (excluding diaryl/α,β-unsaturated/α-hetero) is 1. The van der Waals surface area contributed by atoms with Gasteiger partial charge in [0.05, 0.1) is 0 Å². The minimum absolute atomic E-state index is 0.0220. The van der Waals surface area contributed by atoms with E-state index in [0.717, 1.165) is 32.1 Å². The fourth-order valence-electron chi connectivity index (χ4n) is 6.56. The molecule has 0 unspecified atom stereocenters. The second kappa shape index (κ2) is 6.92. The number of amides is 1. The van der Waals surface area contributed by atoms with Gasteiger partial charge in [0.2, 0.25) is 5.91 Å². The Hall–Kier alpha value is -1.71.